The van der Waals surface area contributed by atoms with Crippen LogP contribution in [-0.4, -0.2) is 17.6 Å². The van der Waals surface area contributed by atoms with Crippen LogP contribution in [0.5, 0.6) is 5.75 Å². The van der Waals surface area contributed by atoms with Crippen molar-refractivity contribution < 1.29 is 14.6 Å². The molecule has 21 heavy (non-hydrogen) atoms. The van der Waals surface area contributed by atoms with Crippen molar-refractivity contribution in [2.75, 3.05) is 11.9 Å². The van der Waals surface area contributed by atoms with Gasteiger partial charge in [-0.05, 0) is 29.3 Å². The summed E-state index contributed by atoms with van der Waals surface area (Å²) in [7, 11) is 0. The van der Waals surface area contributed by atoms with Crippen molar-refractivity contribution in [1.29, 1.82) is 0 Å². The van der Waals surface area contributed by atoms with E-state index < -0.39 is 0 Å². The third-order valence-electron chi connectivity index (χ3n) is 2.99. The van der Waals surface area contributed by atoms with Crippen LogP contribution in [0.1, 0.15) is 11.1 Å². The van der Waals surface area contributed by atoms with Gasteiger partial charge in [0.1, 0.15) is 5.75 Å². The van der Waals surface area contributed by atoms with Gasteiger partial charge in [0.15, 0.2) is 6.61 Å². The van der Waals surface area contributed by atoms with E-state index in [0.29, 0.717) is 18.0 Å². The lowest BCUT2D eigenvalue weighted by Gasteiger charge is -2.10. The summed E-state index contributed by atoms with van der Waals surface area (Å²) < 4.78 is 5.39. The molecule has 5 nitrogen and oxygen atoms in total. The Morgan fingerprint density at radius 1 is 1.14 bits per heavy atom. The first kappa shape index (κ1) is 15.0. The number of nitrogens with two attached hydrogens (primary N) is 1. The number of carbonyl (C=O) groups excluding carboxylic acids is 1. The van der Waals surface area contributed by atoms with Gasteiger partial charge in [0, 0.05) is 12.2 Å². The highest BCUT2D eigenvalue weighted by atomic mass is 16.5. The lowest BCUT2D eigenvalue weighted by atomic mass is 10.2. The van der Waals surface area contributed by atoms with E-state index in [4.69, 9.17) is 15.6 Å². The predicted molar refractivity (Wildman–Crippen MR) is 80.8 cm³/mol. The van der Waals surface area contributed by atoms with Crippen LogP contribution < -0.4 is 15.8 Å². The topological polar surface area (TPSA) is 84.6 Å². The number of aliphatic hydroxyl groups is 1. The van der Waals surface area contributed by atoms with Crippen LogP contribution in [0.15, 0.2) is 48.5 Å². The molecule has 0 saturated carbocycles. The second-order valence-electron chi connectivity index (χ2n) is 4.50. The van der Waals surface area contributed by atoms with Gasteiger partial charge >= 0.3 is 0 Å². The van der Waals surface area contributed by atoms with Crippen LogP contribution in [0.25, 0.3) is 0 Å². The maximum absolute atomic E-state index is 11.9. The number of amides is 1. The summed E-state index contributed by atoms with van der Waals surface area (Å²) >= 11 is 0. The van der Waals surface area contributed by atoms with Gasteiger partial charge in [-0.1, -0.05) is 30.3 Å². The number of hydrogen-bond donors (Lipinski definition) is 3. The molecule has 0 heterocycles. The van der Waals surface area contributed by atoms with Crippen molar-refractivity contribution in [1.82, 2.24) is 0 Å². The first-order valence-electron chi connectivity index (χ1n) is 6.63. The van der Waals surface area contributed by atoms with Crippen molar-refractivity contribution in [3.05, 3.63) is 59.7 Å². The predicted octanol–water partition coefficient (Wildman–Crippen LogP) is 1.66. The van der Waals surface area contributed by atoms with Crippen molar-refractivity contribution in [2.45, 2.75) is 13.2 Å². The summed E-state index contributed by atoms with van der Waals surface area (Å²) in [5.41, 5.74) is 7.98. The SMILES string of the molecule is NCc1ccccc1NC(=O)COc1ccc(CO)cc1. The molecule has 5 heteroatoms. The maximum atomic E-state index is 11.9. The Morgan fingerprint density at radius 2 is 1.86 bits per heavy atom. The summed E-state index contributed by atoms with van der Waals surface area (Å²) in [6.45, 7) is 0.258. The Labute approximate surface area is 123 Å². The number of para-hydroxylation sites is 1. The van der Waals surface area contributed by atoms with E-state index in [1.54, 1.807) is 30.3 Å². The number of nitrogens with one attached hydrogen (secondary N) is 1. The van der Waals surface area contributed by atoms with Crippen LogP contribution in [0.3, 0.4) is 0 Å². The molecular formula is C16H18N2O3. The average molecular weight is 286 g/mol. The van der Waals surface area contributed by atoms with Crippen LogP contribution in [0, 0.1) is 0 Å². The minimum Gasteiger partial charge on any atom is -0.484 e. The maximum Gasteiger partial charge on any atom is 0.262 e. The second kappa shape index (κ2) is 7.42. The fraction of sp³-hybridized carbons (Fsp3) is 0.188. The van der Waals surface area contributed by atoms with Crippen molar-refractivity contribution in [2.24, 2.45) is 5.73 Å². The minimum atomic E-state index is -0.248. The Hall–Kier alpha value is -2.37. The Morgan fingerprint density at radius 3 is 2.52 bits per heavy atom. The molecule has 110 valence electrons. The molecule has 2 aromatic carbocycles. The molecule has 0 aromatic heterocycles. The van der Waals surface area contributed by atoms with Crippen molar-refractivity contribution in [3.63, 3.8) is 0 Å². The zero-order valence-electron chi connectivity index (χ0n) is 11.6. The van der Waals surface area contributed by atoms with Crippen LogP contribution in [0.4, 0.5) is 5.69 Å². The number of ether oxygens (including phenoxy) is 1. The summed E-state index contributed by atoms with van der Waals surface area (Å²) in [6, 6.07) is 14.3. The summed E-state index contributed by atoms with van der Waals surface area (Å²) in [6.07, 6.45) is 0. The first-order chi connectivity index (χ1) is 10.2. The van der Waals surface area contributed by atoms with Gasteiger partial charge < -0.3 is 20.9 Å². The Kier molecular flexibility index (Phi) is 5.31. The third kappa shape index (κ3) is 4.30. The lowest BCUT2D eigenvalue weighted by molar-refractivity contribution is -0.118. The number of hydrogen-bond acceptors (Lipinski definition) is 4. The number of carbonyl (C=O) groups is 1. The zero-order valence-corrected chi connectivity index (χ0v) is 11.6. The van der Waals surface area contributed by atoms with Crippen molar-refractivity contribution >= 4 is 11.6 Å². The van der Waals surface area contributed by atoms with Gasteiger partial charge in [-0.15, -0.1) is 0 Å². The number of rotatable bonds is 6. The standard InChI is InChI=1S/C16H18N2O3/c17-9-13-3-1-2-4-15(13)18-16(20)11-21-14-7-5-12(10-19)6-8-14/h1-8,19H,9-11,17H2,(H,18,20). The normalized spacial score (nSPS) is 10.2. The third-order valence-corrected chi connectivity index (χ3v) is 2.99. The summed E-state index contributed by atoms with van der Waals surface area (Å²) in [5.74, 6) is 0.330. The van der Waals surface area contributed by atoms with E-state index in [1.807, 2.05) is 18.2 Å². The highest BCUT2D eigenvalue weighted by Gasteiger charge is 2.06. The van der Waals surface area contributed by atoms with Crippen molar-refractivity contribution in [3.8, 4) is 5.75 Å². The van der Waals surface area contributed by atoms with Crippen LogP contribution in [-0.2, 0) is 17.9 Å². The van der Waals surface area contributed by atoms with Gasteiger partial charge in [-0.25, -0.2) is 0 Å². The van der Waals surface area contributed by atoms with E-state index >= 15 is 0 Å². The number of benzene rings is 2. The lowest BCUT2D eigenvalue weighted by Crippen LogP contribution is -2.21. The molecular weight excluding hydrogens is 268 g/mol. The fourth-order valence-electron chi connectivity index (χ4n) is 1.85. The molecule has 0 bridgehead atoms. The van der Waals surface area contributed by atoms with E-state index in [-0.39, 0.29) is 19.1 Å². The summed E-state index contributed by atoms with van der Waals surface area (Å²) in [5, 5.41) is 11.7. The molecule has 0 spiro atoms. The molecule has 2 rings (SSSR count). The molecule has 0 unspecified atom stereocenters. The fourth-order valence-corrected chi connectivity index (χ4v) is 1.85. The van der Waals surface area contributed by atoms with Crippen LogP contribution >= 0.6 is 0 Å². The minimum absolute atomic E-state index is 0.0172. The smallest absolute Gasteiger partial charge is 0.262 e. The quantitative estimate of drug-likeness (QED) is 0.754. The molecule has 0 aliphatic heterocycles. The van der Waals surface area contributed by atoms with Gasteiger partial charge in [-0.3, -0.25) is 4.79 Å². The highest BCUT2D eigenvalue weighted by Crippen LogP contribution is 2.15. The Bertz CT molecular complexity index is 597. The molecule has 2 aromatic rings. The molecule has 0 saturated heterocycles. The molecule has 0 radical (unpaired) electrons. The largest absolute Gasteiger partial charge is 0.484 e. The highest BCUT2D eigenvalue weighted by molar-refractivity contribution is 5.92. The van der Waals surface area contributed by atoms with E-state index in [2.05, 4.69) is 5.32 Å². The van der Waals surface area contributed by atoms with Gasteiger partial charge in [-0.2, -0.15) is 0 Å². The molecule has 0 fully saturated rings. The first-order valence-corrected chi connectivity index (χ1v) is 6.63. The van der Waals surface area contributed by atoms with Gasteiger partial charge in [0.25, 0.3) is 5.91 Å². The molecule has 4 N–H and O–H groups in total. The number of aliphatic hydroxyl groups excluding tert-OH is 1. The molecule has 0 aliphatic rings. The van der Waals surface area contributed by atoms with E-state index in [9.17, 15) is 4.79 Å². The van der Waals surface area contributed by atoms with E-state index in [0.717, 1.165) is 11.1 Å². The monoisotopic (exact) mass is 286 g/mol. The van der Waals surface area contributed by atoms with E-state index in [1.165, 1.54) is 0 Å². The molecule has 0 aliphatic carbocycles. The number of anilines is 1. The average Bonchev–Trinajstić information content (AvgIpc) is 2.54. The van der Waals surface area contributed by atoms with Gasteiger partial charge in [0.05, 0.1) is 6.61 Å². The van der Waals surface area contributed by atoms with Crippen LogP contribution in [0.2, 0.25) is 0 Å². The molecule has 0 atom stereocenters. The second-order valence-corrected chi connectivity index (χ2v) is 4.50. The Balaban J connectivity index is 1.89. The zero-order chi connectivity index (χ0) is 15.1. The molecule has 1 amide bonds. The van der Waals surface area contributed by atoms with Gasteiger partial charge in [0.2, 0.25) is 0 Å². The summed E-state index contributed by atoms with van der Waals surface area (Å²) in [4.78, 5) is 11.9.